The molecular formula is C12H11Cl2NO. The lowest BCUT2D eigenvalue weighted by molar-refractivity contribution is 0.199. The van der Waals surface area contributed by atoms with Crippen molar-refractivity contribution in [1.29, 1.82) is 0 Å². The highest BCUT2D eigenvalue weighted by Gasteiger charge is 2.11. The quantitative estimate of drug-likeness (QED) is 0.785. The van der Waals surface area contributed by atoms with Gasteiger partial charge in [-0.25, -0.2) is 4.98 Å². The van der Waals surface area contributed by atoms with Gasteiger partial charge in [-0.2, -0.15) is 0 Å². The van der Waals surface area contributed by atoms with E-state index in [-0.39, 0.29) is 0 Å². The summed E-state index contributed by atoms with van der Waals surface area (Å²) in [6, 6.07) is 5.49. The topological polar surface area (TPSA) is 33.1 Å². The Balaban J connectivity index is 2.79. The molecule has 4 heteroatoms. The molecule has 1 atom stereocenters. The summed E-state index contributed by atoms with van der Waals surface area (Å²) in [5, 5.41) is 11.4. The van der Waals surface area contributed by atoms with Gasteiger partial charge in [0.2, 0.25) is 0 Å². The van der Waals surface area contributed by atoms with Crippen molar-refractivity contribution >= 4 is 34.1 Å². The maximum absolute atomic E-state index is 9.55. The molecule has 1 heterocycles. The zero-order chi connectivity index (χ0) is 11.9. The number of fused-ring (bicyclic) bond motifs is 1. The third-order valence-electron chi connectivity index (χ3n) is 2.50. The fourth-order valence-electron chi connectivity index (χ4n) is 1.71. The molecule has 0 spiro atoms. The summed E-state index contributed by atoms with van der Waals surface area (Å²) in [7, 11) is 0. The Bertz CT molecular complexity index is 552. The van der Waals surface area contributed by atoms with Crippen molar-refractivity contribution < 1.29 is 5.11 Å². The van der Waals surface area contributed by atoms with E-state index in [1.165, 1.54) is 0 Å². The molecule has 2 nitrogen and oxygen atoms in total. The number of pyridine rings is 1. The Morgan fingerprint density at radius 1 is 1.25 bits per heavy atom. The van der Waals surface area contributed by atoms with Gasteiger partial charge in [-0.1, -0.05) is 23.2 Å². The lowest BCUT2D eigenvalue weighted by atomic mass is 10.1. The Hall–Kier alpha value is -0.830. The number of aryl methyl sites for hydroxylation is 1. The maximum atomic E-state index is 9.55. The normalized spacial score (nSPS) is 13.1. The van der Waals surface area contributed by atoms with Gasteiger partial charge in [-0.3, -0.25) is 0 Å². The fraction of sp³-hybridized carbons (Fsp3) is 0.250. The molecule has 0 fully saturated rings. The smallest absolute Gasteiger partial charge is 0.135 e. The number of halogens is 2. The van der Waals surface area contributed by atoms with Crippen molar-refractivity contribution in [2.75, 3.05) is 0 Å². The van der Waals surface area contributed by atoms with Gasteiger partial charge in [0.15, 0.2) is 0 Å². The van der Waals surface area contributed by atoms with Gasteiger partial charge in [0, 0.05) is 16.0 Å². The molecule has 0 bridgehead atoms. The van der Waals surface area contributed by atoms with Gasteiger partial charge < -0.3 is 5.11 Å². The molecule has 84 valence electrons. The second-order valence-electron chi connectivity index (χ2n) is 3.84. The first-order chi connectivity index (χ1) is 7.49. The summed E-state index contributed by atoms with van der Waals surface area (Å²) in [6.45, 7) is 3.59. The van der Waals surface area contributed by atoms with Crippen LogP contribution in [0.3, 0.4) is 0 Å². The summed E-state index contributed by atoms with van der Waals surface area (Å²) in [5.74, 6) is 0. The molecule has 0 saturated heterocycles. The number of aliphatic hydroxyl groups is 1. The zero-order valence-corrected chi connectivity index (χ0v) is 10.5. The van der Waals surface area contributed by atoms with E-state index in [1.807, 2.05) is 25.1 Å². The minimum absolute atomic E-state index is 0.341. The van der Waals surface area contributed by atoms with Crippen LogP contribution in [0, 0.1) is 6.92 Å². The standard InChI is InChI=1S/C12H11Cl2NO/c1-6-3-9(13)4-8-5-10(7(2)16)12(14)15-11(6)8/h3-5,7,16H,1-2H3. The van der Waals surface area contributed by atoms with Gasteiger partial charge in [0.1, 0.15) is 5.15 Å². The van der Waals surface area contributed by atoms with E-state index in [0.29, 0.717) is 15.7 Å². The number of nitrogens with zero attached hydrogens (tertiary/aromatic N) is 1. The van der Waals surface area contributed by atoms with E-state index >= 15 is 0 Å². The first kappa shape index (κ1) is 11.6. The van der Waals surface area contributed by atoms with E-state index in [9.17, 15) is 5.11 Å². The van der Waals surface area contributed by atoms with Gasteiger partial charge in [0.05, 0.1) is 11.6 Å². The van der Waals surface area contributed by atoms with E-state index in [2.05, 4.69) is 4.98 Å². The first-order valence-electron chi connectivity index (χ1n) is 4.93. The van der Waals surface area contributed by atoms with Crippen molar-refractivity contribution in [3.63, 3.8) is 0 Å². The average Bonchev–Trinajstić information content (AvgIpc) is 2.18. The molecule has 1 aromatic heterocycles. The molecular weight excluding hydrogens is 245 g/mol. The number of aromatic nitrogens is 1. The molecule has 0 aliphatic carbocycles. The summed E-state index contributed by atoms with van der Waals surface area (Å²) in [6.07, 6.45) is -0.635. The van der Waals surface area contributed by atoms with Crippen molar-refractivity contribution in [2.45, 2.75) is 20.0 Å². The third kappa shape index (κ3) is 2.01. The van der Waals surface area contributed by atoms with Crippen LogP contribution in [-0.4, -0.2) is 10.1 Å². The van der Waals surface area contributed by atoms with Gasteiger partial charge in [-0.15, -0.1) is 0 Å². The van der Waals surface area contributed by atoms with E-state index < -0.39 is 6.10 Å². The molecule has 1 N–H and O–H groups in total. The minimum Gasteiger partial charge on any atom is -0.389 e. The number of hydrogen-bond acceptors (Lipinski definition) is 2. The summed E-state index contributed by atoms with van der Waals surface area (Å²) in [4.78, 5) is 4.28. The third-order valence-corrected chi connectivity index (χ3v) is 3.02. The molecule has 2 rings (SSSR count). The Morgan fingerprint density at radius 2 is 1.94 bits per heavy atom. The molecule has 16 heavy (non-hydrogen) atoms. The molecule has 0 aliphatic heterocycles. The van der Waals surface area contributed by atoms with Crippen LogP contribution in [0.2, 0.25) is 10.2 Å². The van der Waals surface area contributed by atoms with Crippen LogP contribution in [0.15, 0.2) is 18.2 Å². The van der Waals surface area contributed by atoms with Crippen LogP contribution in [0.5, 0.6) is 0 Å². The number of rotatable bonds is 1. The van der Waals surface area contributed by atoms with Crippen molar-refractivity contribution in [1.82, 2.24) is 4.98 Å². The lowest BCUT2D eigenvalue weighted by Crippen LogP contribution is -1.96. The van der Waals surface area contributed by atoms with Crippen molar-refractivity contribution in [3.05, 3.63) is 39.5 Å². The average molecular weight is 256 g/mol. The number of hydrogen-bond donors (Lipinski definition) is 1. The maximum Gasteiger partial charge on any atom is 0.135 e. The van der Waals surface area contributed by atoms with Crippen LogP contribution in [0.1, 0.15) is 24.2 Å². The Morgan fingerprint density at radius 3 is 2.56 bits per heavy atom. The molecule has 1 unspecified atom stereocenters. The van der Waals surface area contributed by atoms with E-state index in [0.717, 1.165) is 16.5 Å². The van der Waals surface area contributed by atoms with E-state index in [1.54, 1.807) is 6.92 Å². The molecule has 1 aromatic carbocycles. The highest BCUT2D eigenvalue weighted by atomic mass is 35.5. The number of benzene rings is 1. The molecule has 0 radical (unpaired) electrons. The molecule has 0 aliphatic rings. The van der Waals surface area contributed by atoms with Crippen LogP contribution in [0.25, 0.3) is 10.9 Å². The summed E-state index contributed by atoms with van der Waals surface area (Å²) < 4.78 is 0. The second kappa shape index (κ2) is 4.21. The van der Waals surface area contributed by atoms with E-state index in [4.69, 9.17) is 23.2 Å². The molecule has 0 saturated carbocycles. The van der Waals surface area contributed by atoms with Crippen LogP contribution < -0.4 is 0 Å². The monoisotopic (exact) mass is 255 g/mol. The fourth-order valence-corrected chi connectivity index (χ4v) is 2.29. The van der Waals surface area contributed by atoms with Gasteiger partial charge in [0.25, 0.3) is 0 Å². The predicted molar refractivity (Wildman–Crippen MR) is 67.1 cm³/mol. The van der Waals surface area contributed by atoms with Gasteiger partial charge >= 0.3 is 0 Å². The highest BCUT2D eigenvalue weighted by Crippen LogP contribution is 2.29. The van der Waals surface area contributed by atoms with Gasteiger partial charge in [-0.05, 0) is 37.6 Å². The van der Waals surface area contributed by atoms with Crippen LogP contribution >= 0.6 is 23.2 Å². The SMILES string of the molecule is Cc1cc(Cl)cc2cc(C(C)O)c(Cl)nc12. The largest absolute Gasteiger partial charge is 0.389 e. The Labute approximate surface area is 104 Å². The van der Waals surface area contributed by atoms with Crippen LogP contribution in [-0.2, 0) is 0 Å². The lowest BCUT2D eigenvalue weighted by Gasteiger charge is -2.10. The second-order valence-corrected chi connectivity index (χ2v) is 4.63. The zero-order valence-electron chi connectivity index (χ0n) is 8.96. The molecule has 2 aromatic rings. The Kier molecular flexibility index (Phi) is 3.06. The van der Waals surface area contributed by atoms with Crippen molar-refractivity contribution in [3.8, 4) is 0 Å². The first-order valence-corrected chi connectivity index (χ1v) is 5.69. The minimum atomic E-state index is -0.635. The van der Waals surface area contributed by atoms with Crippen molar-refractivity contribution in [2.24, 2.45) is 0 Å². The summed E-state index contributed by atoms with van der Waals surface area (Å²) in [5.41, 5.74) is 2.41. The highest BCUT2D eigenvalue weighted by molar-refractivity contribution is 6.32. The number of aliphatic hydroxyl groups excluding tert-OH is 1. The summed E-state index contributed by atoms with van der Waals surface area (Å²) >= 11 is 12.0. The molecule has 0 amide bonds. The predicted octanol–water partition coefficient (Wildman–Crippen LogP) is 3.90. The van der Waals surface area contributed by atoms with Crippen LogP contribution in [0.4, 0.5) is 0 Å².